The molecule has 0 unspecified atom stereocenters. The highest BCUT2D eigenvalue weighted by atomic mass is 35.5. The minimum absolute atomic E-state index is 0.0540. The van der Waals surface area contributed by atoms with Crippen LogP contribution in [0.25, 0.3) is 0 Å². The van der Waals surface area contributed by atoms with Crippen LogP contribution in [-0.4, -0.2) is 62.8 Å². The van der Waals surface area contributed by atoms with Gasteiger partial charge in [-0.2, -0.15) is 0 Å². The molecule has 1 amide bonds. The molecule has 2 aliphatic heterocycles. The average molecular weight is 397 g/mol. The standard InChI is InChI=1S/C19H29ClN4O3/c1-26-16-11-24(7-3-2-6-21)8-4-15(16)23-19(25)13-10-14(20)17(22)12-5-9-27-18(12)13/h10,15-16H,2-9,11,21-22H2,1H3,(H,23,25)/t15-,16+/m1/s1. The van der Waals surface area contributed by atoms with Crippen molar-refractivity contribution in [2.24, 2.45) is 5.73 Å². The average Bonchev–Trinajstić information content (AvgIpc) is 3.16. The lowest BCUT2D eigenvalue weighted by molar-refractivity contribution is 0.00605. The highest BCUT2D eigenvalue weighted by Gasteiger charge is 2.32. The van der Waals surface area contributed by atoms with E-state index in [1.165, 1.54) is 0 Å². The van der Waals surface area contributed by atoms with E-state index >= 15 is 0 Å². The number of halogens is 1. The number of carbonyl (C=O) groups is 1. The third-order valence-electron chi connectivity index (χ3n) is 5.41. The van der Waals surface area contributed by atoms with Crippen LogP contribution in [0.1, 0.15) is 35.2 Å². The van der Waals surface area contributed by atoms with Crippen molar-refractivity contribution in [1.82, 2.24) is 10.2 Å². The Hall–Kier alpha value is -1.54. The molecule has 3 rings (SSSR count). The molecule has 0 aliphatic carbocycles. The molecule has 27 heavy (non-hydrogen) atoms. The number of carbonyl (C=O) groups excluding carboxylic acids is 1. The molecule has 0 bridgehead atoms. The van der Waals surface area contributed by atoms with E-state index in [0.717, 1.165) is 51.0 Å². The van der Waals surface area contributed by atoms with E-state index in [2.05, 4.69) is 10.2 Å². The van der Waals surface area contributed by atoms with E-state index in [9.17, 15) is 4.79 Å². The zero-order chi connectivity index (χ0) is 19.4. The van der Waals surface area contributed by atoms with Crippen molar-refractivity contribution in [3.63, 3.8) is 0 Å². The second-order valence-electron chi connectivity index (χ2n) is 7.16. The first-order valence-electron chi connectivity index (χ1n) is 9.54. The summed E-state index contributed by atoms with van der Waals surface area (Å²) in [6, 6.07) is 1.54. The van der Waals surface area contributed by atoms with Crippen molar-refractivity contribution in [3.8, 4) is 5.75 Å². The van der Waals surface area contributed by atoms with Gasteiger partial charge in [-0.25, -0.2) is 0 Å². The number of amides is 1. The van der Waals surface area contributed by atoms with Gasteiger partial charge in [0.1, 0.15) is 5.75 Å². The van der Waals surface area contributed by atoms with Gasteiger partial charge in [-0.05, 0) is 38.4 Å². The van der Waals surface area contributed by atoms with Crippen molar-refractivity contribution >= 4 is 23.2 Å². The van der Waals surface area contributed by atoms with E-state index in [-0.39, 0.29) is 18.1 Å². The topological polar surface area (TPSA) is 103 Å². The minimum Gasteiger partial charge on any atom is -0.492 e. The summed E-state index contributed by atoms with van der Waals surface area (Å²) < 4.78 is 11.3. The van der Waals surface area contributed by atoms with Crippen LogP contribution in [-0.2, 0) is 11.2 Å². The number of rotatable bonds is 7. The zero-order valence-corrected chi connectivity index (χ0v) is 16.6. The summed E-state index contributed by atoms with van der Waals surface area (Å²) >= 11 is 6.22. The number of fused-ring (bicyclic) bond motifs is 1. The molecule has 5 N–H and O–H groups in total. The van der Waals surface area contributed by atoms with Gasteiger partial charge in [0.05, 0.1) is 35.0 Å². The molecule has 1 fully saturated rings. The molecule has 0 saturated carbocycles. The number of piperidine rings is 1. The lowest BCUT2D eigenvalue weighted by Crippen LogP contribution is -2.54. The number of nitrogen functional groups attached to an aromatic ring is 1. The smallest absolute Gasteiger partial charge is 0.255 e. The second kappa shape index (κ2) is 9.10. The highest BCUT2D eigenvalue weighted by molar-refractivity contribution is 6.33. The Morgan fingerprint density at radius 3 is 3.04 bits per heavy atom. The number of hydrogen-bond acceptors (Lipinski definition) is 6. The fourth-order valence-electron chi connectivity index (χ4n) is 3.85. The Balaban J connectivity index is 1.66. The van der Waals surface area contributed by atoms with Gasteiger partial charge in [-0.3, -0.25) is 4.79 Å². The third kappa shape index (κ3) is 4.48. The third-order valence-corrected chi connectivity index (χ3v) is 5.72. The monoisotopic (exact) mass is 396 g/mol. The van der Waals surface area contributed by atoms with E-state index in [0.29, 0.717) is 35.1 Å². The van der Waals surface area contributed by atoms with Gasteiger partial charge in [0.15, 0.2) is 0 Å². The Morgan fingerprint density at radius 1 is 1.48 bits per heavy atom. The maximum atomic E-state index is 12.9. The molecule has 2 heterocycles. The van der Waals surface area contributed by atoms with Crippen LogP contribution in [0.5, 0.6) is 5.75 Å². The second-order valence-corrected chi connectivity index (χ2v) is 7.57. The maximum Gasteiger partial charge on any atom is 0.255 e. The number of nitrogens with two attached hydrogens (primary N) is 2. The first kappa shape index (κ1) is 20.2. The number of likely N-dealkylation sites (tertiary alicyclic amines) is 1. The quantitative estimate of drug-likeness (QED) is 0.475. The number of nitrogens with one attached hydrogen (secondary N) is 1. The molecule has 2 atom stereocenters. The largest absolute Gasteiger partial charge is 0.492 e. The number of ether oxygens (including phenoxy) is 2. The van der Waals surface area contributed by atoms with Gasteiger partial charge in [0.2, 0.25) is 0 Å². The van der Waals surface area contributed by atoms with Crippen LogP contribution >= 0.6 is 11.6 Å². The summed E-state index contributed by atoms with van der Waals surface area (Å²) in [6.07, 6.45) is 3.55. The number of benzene rings is 1. The zero-order valence-electron chi connectivity index (χ0n) is 15.8. The van der Waals surface area contributed by atoms with Gasteiger partial charge in [-0.15, -0.1) is 0 Å². The summed E-state index contributed by atoms with van der Waals surface area (Å²) in [5.74, 6) is 0.362. The Kier molecular flexibility index (Phi) is 6.81. The highest BCUT2D eigenvalue weighted by Crippen LogP contribution is 2.38. The van der Waals surface area contributed by atoms with Gasteiger partial charge < -0.3 is 31.2 Å². The summed E-state index contributed by atoms with van der Waals surface area (Å²) in [7, 11) is 1.69. The molecule has 7 nitrogen and oxygen atoms in total. The normalized spacial score (nSPS) is 22.3. The number of nitrogens with zero attached hydrogens (tertiary/aromatic N) is 1. The maximum absolute atomic E-state index is 12.9. The fraction of sp³-hybridized carbons (Fsp3) is 0.632. The summed E-state index contributed by atoms with van der Waals surface area (Å²) in [6.45, 7) is 3.96. The van der Waals surface area contributed by atoms with Crippen LogP contribution in [0.15, 0.2) is 6.07 Å². The SMILES string of the molecule is CO[C@H]1CN(CCCCN)CC[C@H]1NC(=O)c1cc(Cl)c(N)c2c1OCC2. The number of methoxy groups -OCH3 is 1. The van der Waals surface area contributed by atoms with E-state index in [1.807, 2.05) is 0 Å². The molecule has 1 aromatic carbocycles. The molecular weight excluding hydrogens is 368 g/mol. The summed E-state index contributed by atoms with van der Waals surface area (Å²) in [5.41, 5.74) is 13.4. The molecule has 2 aliphatic rings. The lowest BCUT2D eigenvalue weighted by Gasteiger charge is -2.38. The van der Waals surface area contributed by atoms with E-state index < -0.39 is 0 Å². The number of hydrogen-bond donors (Lipinski definition) is 3. The minimum atomic E-state index is -0.196. The van der Waals surface area contributed by atoms with Crippen LogP contribution in [0.4, 0.5) is 5.69 Å². The fourth-order valence-corrected chi connectivity index (χ4v) is 4.07. The van der Waals surface area contributed by atoms with Gasteiger partial charge in [0.25, 0.3) is 5.91 Å². The van der Waals surface area contributed by atoms with Gasteiger partial charge >= 0.3 is 0 Å². The van der Waals surface area contributed by atoms with Crippen LogP contribution < -0.4 is 21.5 Å². The first-order chi connectivity index (χ1) is 13.0. The predicted octanol–water partition coefficient (Wildman–Crippen LogP) is 1.42. The molecule has 1 saturated heterocycles. The van der Waals surface area contributed by atoms with Crippen LogP contribution in [0.2, 0.25) is 5.02 Å². The van der Waals surface area contributed by atoms with E-state index in [4.69, 9.17) is 32.5 Å². The summed E-state index contributed by atoms with van der Waals surface area (Å²) in [5, 5.41) is 3.50. The molecule has 0 aromatic heterocycles. The predicted molar refractivity (Wildman–Crippen MR) is 106 cm³/mol. The summed E-state index contributed by atoms with van der Waals surface area (Å²) in [4.78, 5) is 15.3. The number of unbranched alkanes of at least 4 members (excludes halogenated alkanes) is 1. The van der Waals surface area contributed by atoms with Crippen molar-refractivity contribution in [3.05, 3.63) is 22.2 Å². The van der Waals surface area contributed by atoms with Crippen LogP contribution in [0.3, 0.4) is 0 Å². The van der Waals surface area contributed by atoms with Gasteiger partial charge in [-0.1, -0.05) is 11.6 Å². The molecule has 150 valence electrons. The molecular formula is C19H29ClN4O3. The van der Waals surface area contributed by atoms with Crippen LogP contribution in [0, 0.1) is 0 Å². The van der Waals surface area contributed by atoms with Crippen molar-refractivity contribution < 1.29 is 14.3 Å². The lowest BCUT2D eigenvalue weighted by atomic mass is 9.99. The van der Waals surface area contributed by atoms with Crippen molar-refractivity contribution in [2.45, 2.75) is 37.8 Å². The number of anilines is 1. The van der Waals surface area contributed by atoms with Crippen molar-refractivity contribution in [2.75, 3.05) is 45.6 Å². The molecule has 0 spiro atoms. The molecule has 8 heteroatoms. The Morgan fingerprint density at radius 2 is 2.30 bits per heavy atom. The Bertz CT molecular complexity index is 685. The van der Waals surface area contributed by atoms with Crippen molar-refractivity contribution in [1.29, 1.82) is 0 Å². The molecule has 1 aromatic rings. The Labute approximate surface area is 165 Å². The molecule has 0 radical (unpaired) electrons. The van der Waals surface area contributed by atoms with E-state index in [1.54, 1.807) is 13.2 Å². The first-order valence-corrected chi connectivity index (χ1v) is 9.92. The van der Waals surface area contributed by atoms with Gasteiger partial charge in [0, 0.05) is 32.2 Å².